The van der Waals surface area contributed by atoms with Crippen LogP contribution in [0.15, 0.2) is 50.4 Å². The minimum Gasteiger partial charge on any atom is -0.398 e. The number of H-pyrrole nitrogens is 1. The van der Waals surface area contributed by atoms with E-state index < -0.39 is 17.3 Å². The highest BCUT2D eigenvalue weighted by Gasteiger charge is 2.05. The fraction of sp³-hybridized carbons (Fsp3) is 0. The molecule has 0 fully saturated rings. The minimum absolute atomic E-state index is 0.198. The maximum atomic E-state index is 11.1. The largest absolute Gasteiger partial charge is 0.419 e. The first-order chi connectivity index (χ1) is 11.3. The van der Waals surface area contributed by atoms with Crippen molar-refractivity contribution in [2.24, 2.45) is 5.73 Å². The first kappa shape index (κ1) is 17.6. The van der Waals surface area contributed by atoms with E-state index in [0.29, 0.717) is 16.2 Å². The van der Waals surface area contributed by atoms with Gasteiger partial charge in [0.1, 0.15) is 5.39 Å². The molecule has 0 radical (unpaired) electrons. The summed E-state index contributed by atoms with van der Waals surface area (Å²) < 4.78 is 4.32. The van der Waals surface area contributed by atoms with E-state index in [1.54, 1.807) is 30.3 Å². The van der Waals surface area contributed by atoms with E-state index in [1.165, 1.54) is 6.07 Å². The molecule has 0 aliphatic rings. The first-order valence-corrected chi connectivity index (χ1v) is 7.21. The summed E-state index contributed by atoms with van der Waals surface area (Å²) in [5, 5.41) is 0.916. The number of benzene rings is 2. The Labute approximate surface area is 144 Å². The van der Waals surface area contributed by atoms with Gasteiger partial charge in [0.05, 0.1) is 16.1 Å². The summed E-state index contributed by atoms with van der Waals surface area (Å²) >= 11 is 11.3. The quantitative estimate of drug-likeness (QED) is 0.566. The lowest BCUT2D eigenvalue weighted by molar-refractivity contribution is 0.100. The summed E-state index contributed by atoms with van der Waals surface area (Å²) in [7, 11) is 0. The van der Waals surface area contributed by atoms with Crippen molar-refractivity contribution in [3.63, 3.8) is 0 Å². The number of rotatable bonds is 1. The first-order valence-electron chi connectivity index (χ1n) is 6.46. The lowest BCUT2D eigenvalue weighted by Gasteiger charge is -2.00. The highest BCUT2D eigenvalue weighted by atomic mass is 35.5. The Kier molecular flexibility index (Phi) is 5.28. The average Bonchev–Trinajstić information content (AvgIpc) is 2.49. The predicted molar refractivity (Wildman–Crippen MR) is 92.5 cm³/mol. The van der Waals surface area contributed by atoms with Crippen LogP contribution in [0.1, 0.15) is 10.4 Å². The third-order valence-corrected chi connectivity index (χ3v) is 3.47. The van der Waals surface area contributed by atoms with Crippen LogP contribution in [0.5, 0.6) is 0 Å². The Morgan fingerprint density at radius 2 is 1.83 bits per heavy atom. The van der Waals surface area contributed by atoms with Gasteiger partial charge in [-0.25, -0.2) is 9.59 Å². The second-order valence-electron chi connectivity index (χ2n) is 4.56. The van der Waals surface area contributed by atoms with Gasteiger partial charge in [-0.3, -0.25) is 9.78 Å². The molecular weight excluding hydrogens is 357 g/mol. The van der Waals surface area contributed by atoms with Gasteiger partial charge in [-0.1, -0.05) is 29.3 Å². The summed E-state index contributed by atoms with van der Waals surface area (Å²) in [6.45, 7) is 0. The molecule has 0 saturated carbocycles. The number of nitrogen functional groups attached to an aromatic ring is 1. The number of hydrogen-bond donors (Lipinski definition) is 3. The summed E-state index contributed by atoms with van der Waals surface area (Å²) in [5.74, 6) is -1.34. The number of carbonyl (C=O) groups excluding carboxylic acids is 1. The summed E-state index contributed by atoms with van der Waals surface area (Å²) in [6, 6.07) is 9.36. The van der Waals surface area contributed by atoms with Gasteiger partial charge in [-0.05, 0) is 30.3 Å². The van der Waals surface area contributed by atoms with Crippen molar-refractivity contribution >= 4 is 45.7 Å². The van der Waals surface area contributed by atoms with E-state index in [4.69, 9.17) is 34.7 Å². The van der Waals surface area contributed by atoms with Gasteiger partial charge in [0.25, 0.3) is 5.91 Å². The molecule has 7 nitrogen and oxygen atoms in total. The number of nitrogens with two attached hydrogens (primary N) is 2. The number of aromatic nitrogens is 1. The highest BCUT2D eigenvalue weighted by Crippen LogP contribution is 2.17. The number of halogens is 2. The number of anilines is 1. The third kappa shape index (κ3) is 3.95. The maximum Gasteiger partial charge on any atom is 0.419 e. The topological polar surface area (TPSA) is 132 Å². The van der Waals surface area contributed by atoms with E-state index in [1.807, 2.05) is 0 Å². The minimum atomic E-state index is -0.778. The predicted octanol–water partition coefficient (Wildman–Crippen LogP) is 2.16. The van der Waals surface area contributed by atoms with Gasteiger partial charge in [0, 0.05) is 10.7 Å². The number of primary amides is 1. The molecule has 124 valence electrons. The van der Waals surface area contributed by atoms with Crippen LogP contribution in [-0.4, -0.2) is 10.9 Å². The van der Waals surface area contributed by atoms with Crippen molar-refractivity contribution in [2.45, 2.75) is 0 Å². The fourth-order valence-corrected chi connectivity index (χ4v) is 2.27. The lowest BCUT2D eigenvalue weighted by Crippen LogP contribution is -2.14. The number of fused-ring (bicyclic) bond motifs is 1. The molecule has 1 heterocycles. The molecule has 0 aliphatic heterocycles. The van der Waals surface area contributed by atoms with Gasteiger partial charge in [-0.15, -0.1) is 0 Å². The zero-order chi connectivity index (χ0) is 17.9. The van der Waals surface area contributed by atoms with Crippen LogP contribution in [0.2, 0.25) is 10.0 Å². The smallest absolute Gasteiger partial charge is 0.398 e. The molecule has 0 spiro atoms. The second kappa shape index (κ2) is 7.20. The van der Waals surface area contributed by atoms with Gasteiger partial charge in [0.2, 0.25) is 0 Å². The molecule has 0 bridgehead atoms. The molecule has 2 aromatic carbocycles. The van der Waals surface area contributed by atoms with Crippen LogP contribution >= 0.6 is 23.2 Å². The zero-order valence-electron chi connectivity index (χ0n) is 12.0. The van der Waals surface area contributed by atoms with Crippen LogP contribution in [0.3, 0.4) is 0 Å². The van der Waals surface area contributed by atoms with Crippen molar-refractivity contribution in [1.82, 2.24) is 4.98 Å². The standard InChI is InChI=1S/C8H4ClNO3.C7H7ClN2O/c9-4-2-1-3-5-6(4)7(11)13-8(12)10-5;8-4-1-2-6(9)5(3-4)7(10)11/h1-3H,(H,10,12);1-3H,9H2,(H2,10,11). The van der Waals surface area contributed by atoms with Gasteiger partial charge < -0.3 is 15.9 Å². The molecule has 1 amide bonds. The van der Waals surface area contributed by atoms with Gasteiger partial charge >= 0.3 is 11.4 Å². The molecular formula is C15H11Cl2N3O4. The van der Waals surface area contributed by atoms with Crippen LogP contribution in [0.25, 0.3) is 10.9 Å². The molecule has 24 heavy (non-hydrogen) atoms. The summed E-state index contributed by atoms with van der Waals surface area (Å²) in [5.41, 5.74) is 10.7. The molecule has 0 atom stereocenters. The Morgan fingerprint density at radius 1 is 1.12 bits per heavy atom. The Balaban J connectivity index is 0.000000177. The number of hydrogen-bond acceptors (Lipinski definition) is 5. The highest BCUT2D eigenvalue weighted by molar-refractivity contribution is 6.35. The molecule has 9 heteroatoms. The molecule has 3 rings (SSSR count). The average molecular weight is 368 g/mol. The van der Waals surface area contributed by atoms with Crippen molar-refractivity contribution in [3.8, 4) is 0 Å². The number of carbonyl (C=O) groups is 1. The van der Waals surface area contributed by atoms with Crippen LogP contribution < -0.4 is 22.8 Å². The van der Waals surface area contributed by atoms with Crippen LogP contribution in [0.4, 0.5) is 5.69 Å². The number of aromatic amines is 1. The molecule has 1 aromatic heterocycles. The molecule has 3 aromatic rings. The Hall–Kier alpha value is -2.77. The monoisotopic (exact) mass is 367 g/mol. The van der Waals surface area contributed by atoms with E-state index >= 15 is 0 Å². The van der Waals surface area contributed by atoms with Gasteiger partial charge in [0.15, 0.2) is 0 Å². The Bertz CT molecular complexity index is 1030. The van der Waals surface area contributed by atoms with E-state index in [9.17, 15) is 14.4 Å². The number of amides is 1. The SMILES string of the molecule is NC(=O)c1cc(Cl)ccc1N.O=c1[nH]c2cccc(Cl)c2c(=O)o1. The molecule has 5 N–H and O–H groups in total. The normalized spacial score (nSPS) is 10.1. The molecule has 0 unspecified atom stereocenters. The van der Waals surface area contributed by atoms with Crippen molar-refractivity contribution in [1.29, 1.82) is 0 Å². The van der Waals surface area contributed by atoms with E-state index in [-0.39, 0.29) is 16.0 Å². The number of nitrogens with one attached hydrogen (secondary N) is 1. The van der Waals surface area contributed by atoms with E-state index in [2.05, 4.69) is 9.40 Å². The molecule has 0 aliphatic carbocycles. The Morgan fingerprint density at radius 3 is 2.46 bits per heavy atom. The molecule has 0 saturated heterocycles. The van der Waals surface area contributed by atoms with Gasteiger partial charge in [-0.2, -0.15) is 0 Å². The van der Waals surface area contributed by atoms with E-state index in [0.717, 1.165) is 0 Å². The third-order valence-electron chi connectivity index (χ3n) is 2.92. The fourth-order valence-electron chi connectivity index (χ4n) is 1.85. The zero-order valence-corrected chi connectivity index (χ0v) is 13.5. The summed E-state index contributed by atoms with van der Waals surface area (Å²) in [6.07, 6.45) is 0. The maximum absolute atomic E-state index is 11.1. The summed E-state index contributed by atoms with van der Waals surface area (Å²) in [4.78, 5) is 34.9. The van der Waals surface area contributed by atoms with Crippen LogP contribution in [-0.2, 0) is 0 Å². The lowest BCUT2D eigenvalue weighted by atomic mass is 10.2. The van der Waals surface area contributed by atoms with Crippen LogP contribution in [0, 0.1) is 0 Å². The van der Waals surface area contributed by atoms with Crippen molar-refractivity contribution < 1.29 is 9.21 Å². The second-order valence-corrected chi connectivity index (χ2v) is 5.40. The van der Waals surface area contributed by atoms with Crippen molar-refractivity contribution in [3.05, 3.63) is 73.0 Å². The van der Waals surface area contributed by atoms with Crippen molar-refractivity contribution in [2.75, 3.05) is 5.73 Å².